The van der Waals surface area contributed by atoms with Gasteiger partial charge in [-0.2, -0.15) is 0 Å². The van der Waals surface area contributed by atoms with Crippen LogP contribution < -0.4 is 5.32 Å². The summed E-state index contributed by atoms with van der Waals surface area (Å²) in [4.78, 5) is 19.9. The summed E-state index contributed by atoms with van der Waals surface area (Å²) in [6, 6.07) is 4.83. The molecule has 0 radical (unpaired) electrons. The molecule has 2 aromatic rings. The Labute approximate surface area is 132 Å². The van der Waals surface area contributed by atoms with Crippen molar-refractivity contribution < 1.29 is 4.79 Å². The number of fused-ring (bicyclic) bond motifs is 1. The van der Waals surface area contributed by atoms with Crippen LogP contribution in [0, 0.1) is 0 Å². The van der Waals surface area contributed by atoms with Gasteiger partial charge in [-0.15, -0.1) is 0 Å². The van der Waals surface area contributed by atoms with Crippen LogP contribution in [0.2, 0.25) is 10.0 Å². The highest BCUT2D eigenvalue weighted by Gasteiger charge is 2.15. The minimum Gasteiger partial charge on any atom is -0.345 e. The molecule has 0 fully saturated rings. The molecule has 0 saturated carbocycles. The van der Waals surface area contributed by atoms with Crippen molar-refractivity contribution in [3.05, 3.63) is 51.0 Å². The Hall–Kier alpha value is -1.52. The van der Waals surface area contributed by atoms with Crippen molar-refractivity contribution in [2.45, 2.75) is 32.2 Å². The Balaban J connectivity index is 1.65. The van der Waals surface area contributed by atoms with Crippen LogP contribution in [-0.4, -0.2) is 15.9 Å². The first-order chi connectivity index (χ1) is 10.1. The van der Waals surface area contributed by atoms with Crippen LogP contribution in [0.4, 0.5) is 0 Å². The largest absolute Gasteiger partial charge is 0.345 e. The Morgan fingerprint density at radius 3 is 2.81 bits per heavy atom. The van der Waals surface area contributed by atoms with E-state index in [9.17, 15) is 4.79 Å². The number of aromatic nitrogens is 2. The Bertz CT molecular complexity index is 658. The second-order valence-corrected chi connectivity index (χ2v) is 5.94. The number of rotatable bonds is 3. The lowest BCUT2D eigenvalue weighted by molar-refractivity contribution is 0.0950. The van der Waals surface area contributed by atoms with Crippen molar-refractivity contribution in [1.82, 2.24) is 15.3 Å². The van der Waals surface area contributed by atoms with Gasteiger partial charge in [0.1, 0.15) is 5.82 Å². The molecule has 1 aromatic carbocycles. The molecule has 4 nitrogen and oxygen atoms in total. The second kappa shape index (κ2) is 6.08. The molecule has 1 aromatic heterocycles. The molecule has 6 heteroatoms. The van der Waals surface area contributed by atoms with Gasteiger partial charge in [-0.25, -0.2) is 4.98 Å². The van der Waals surface area contributed by atoms with Gasteiger partial charge < -0.3 is 10.3 Å². The normalized spacial score (nSPS) is 13.8. The predicted octanol–water partition coefficient (Wildman–Crippen LogP) is 3.53. The predicted molar refractivity (Wildman–Crippen MR) is 82.9 cm³/mol. The number of nitrogens with zero attached hydrogens (tertiary/aromatic N) is 1. The first-order valence-corrected chi connectivity index (χ1v) is 7.69. The zero-order valence-corrected chi connectivity index (χ0v) is 12.9. The van der Waals surface area contributed by atoms with Gasteiger partial charge in [0.05, 0.1) is 22.3 Å². The number of H-pyrrole nitrogens is 1. The van der Waals surface area contributed by atoms with E-state index in [2.05, 4.69) is 15.3 Å². The summed E-state index contributed by atoms with van der Waals surface area (Å²) < 4.78 is 0. The summed E-state index contributed by atoms with van der Waals surface area (Å²) in [5.74, 6) is 0.609. The van der Waals surface area contributed by atoms with E-state index in [1.807, 2.05) is 0 Å². The van der Waals surface area contributed by atoms with Crippen LogP contribution >= 0.6 is 23.2 Å². The molecular formula is C15H15Cl2N3O. The van der Waals surface area contributed by atoms with Gasteiger partial charge in [0.15, 0.2) is 0 Å². The lowest BCUT2D eigenvalue weighted by Gasteiger charge is -2.07. The maximum atomic E-state index is 12.1. The van der Waals surface area contributed by atoms with E-state index in [0.29, 0.717) is 22.2 Å². The van der Waals surface area contributed by atoms with E-state index in [0.717, 1.165) is 24.4 Å². The summed E-state index contributed by atoms with van der Waals surface area (Å²) in [6.45, 7) is 0.381. The number of benzene rings is 1. The van der Waals surface area contributed by atoms with Crippen LogP contribution in [-0.2, 0) is 19.4 Å². The number of amides is 1. The minimum absolute atomic E-state index is 0.192. The van der Waals surface area contributed by atoms with E-state index < -0.39 is 0 Å². The second-order valence-electron chi connectivity index (χ2n) is 5.13. The molecule has 0 spiro atoms. The van der Waals surface area contributed by atoms with Gasteiger partial charge in [0.25, 0.3) is 5.91 Å². The number of nitrogens with one attached hydrogen (secondary N) is 2. The summed E-state index contributed by atoms with van der Waals surface area (Å²) in [5, 5.41) is 3.65. The third kappa shape index (κ3) is 3.22. The summed E-state index contributed by atoms with van der Waals surface area (Å²) in [6.07, 6.45) is 4.45. The number of hydrogen-bond donors (Lipinski definition) is 2. The zero-order valence-electron chi connectivity index (χ0n) is 11.4. The van der Waals surface area contributed by atoms with E-state index in [1.165, 1.54) is 18.5 Å². The van der Waals surface area contributed by atoms with E-state index in [1.54, 1.807) is 18.2 Å². The monoisotopic (exact) mass is 323 g/mol. The van der Waals surface area contributed by atoms with Crippen molar-refractivity contribution in [2.75, 3.05) is 0 Å². The molecule has 1 aliphatic carbocycles. The van der Waals surface area contributed by atoms with Gasteiger partial charge in [0, 0.05) is 11.3 Å². The Morgan fingerprint density at radius 2 is 2.05 bits per heavy atom. The number of aromatic amines is 1. The number of aryl methyl sites for hydroxylation is 2. The number of halogens is 2. The molecule has 0 atom stereocenters. The van der Waals surface area contributed by atoms with Crippen molar-refractivity contribution in [3.8, 4) is 0 Å². The molecule has 0 aliphatic heterocycles. The minimum atomic E-state index is -0.192. The number of hydrogen-bond acceptors (Lipinski definition) is 2. The molecule has 110 valence electrons. The van der Waals surface area contributed by atoms with Gasteiger partial charge in [-0.05, 0) is 43.9 Å². The molecule has 0 saturated heterocycles. The molecule has 2 N–H and O–H groups in total. The first kappa shape index (κ1) is 14.4. The standard InChI is InChI=1S/C15H15Cl2N3O/c16-10-6-5-9(7-11(10)17)15(21)18-8-14-19-12-3-1-2-4-13(12)20-14/h5-7H,1-4,8H2,(H,18,21)(H,19,20). The summed E-state index contributed by atoms with van der Waals surface area (Å²) >= 11 is 11.8. The number of carbonyl (C=O) groups excluding carboxylic acids is 1. The lowest BCUT2D eigenvalue weighted by atomic mass is 10.0. The Kier molecular flexibility index (Phi) is 4.17. The number of imidazole rings is 1. The molecule has 1 aliphatic rings. The Morgan fingerprint density at radius 1 is 1.24 bits per heavy atom. The maximum Gasteiger partial charge on any atom is 0.251 e. The summed E-state index contributed by atoms with van der Waals surface area (Å²) in [5.41, 5.74) is 2.83. The van der Waals surface area contributed by atoms with Gasteiger partial charge in [-0.3, -0.25) is 4.79 Å². The van der Waals surface area contributed by atoms with Crippen molar-refractivity contribution in [3.63, 3.8) is 0 Å². The topological polar surface area (TPSA) is 57.8 Å². The average Bonchev–Trinajstić information content (AvgIpc) is 2.90. The van der Waals surface area contributed by atoms with Crippen LogP contribution in [0.15, 0.2) is 18.2 Å². The first-order valence-electron chi connectivity index (χ1n) is 6.93. The SMILES string of the molecule is O=C(NCc1nc2c([nH]1)CCCC2)c1ccc(Cl)c(Cl)c1. The van der Waals surface area contributed by atoms with E-state index in [-0.39, 0.29) is 5.91 Å². The average molecular weight is 324 g/mol. The van der Waals surface area contributed by atoms with E-state index in [4.69, 9.17) is 23.2 Å². The highest BCUT2D eigenvalue weighted by atomic mass is 35.5. The van der Waals surface area contributed by atoms with Gasteiger partial charge in [-0.1, -0.05) is 23.2 Å². The van der Waals surface area contributed by atoms with Crippen molar-refractivity contribution in [1.29, 1.82) is 0 Å². The third-order valence-electron chi connectivity index (χ3n) is 3.60. The number of carbonyl (C=O) groups is 1. The van der Waals surface area contributed by atoms with Crippen LogP contribution in [0.1, 0.15) is 40.4 Å². The zero-order chi connectivity index (χ0) is 14.8. The quantitative estimate of drug-likeness (QED) is 0.907. The lowest BCUT2D eigenvalue weighted by Crippen LogP contribution is -2.23. The molecule has 21 heavy (non-hydrogen) atoms. The van der Waals surface area contributed by atoms with Crippen molar-refractivity contribution in [2.24, 2.45) is 0 Å². The van der Waals surface area contributed by atoms with Crippen LogP contribution in [0.25, 0.3) is 0 Å². The fraction of sp³-hybridized carbons (Fsp3) is 0.333. The third-order valence-corrected chi connectivity index (χ3v) is 4.34. The fourth-order valence-corrected chi connectivity index (χ4v) is 2.80. The molecule has 3 rings (SSSR count). The smallest absolute Gasteiger partial charge is 0.251 e. The fourth-order valence-electron chi connectivity index (χ4n) is 2.50. The maximum absolute atomic E-state index is 12.1. The van der Waals surface area contributed by atoms with Crippen LogP contribution in [0.5, 0.6) is 0 Å². The molecule has 1 heterocycles. The molecule has 1 amide bonds. The van der Waals surface area contributed by atoms with Gasteiger partial charge in [0.2, 0.25) is 0 Å². The van der Waals surface area contributed by atoms with E-state index >= 15 is 0 Å². The molecular weight excluding hydrogens is 309 g/mol. The highest BCUT2D eigenvalue weighted by molar-refractivity contribution is 6.42. The van der Waals surface area contributed by atoms with Gasteiger partial charge >= 0.3 is 0 Å². The molecule has 0 bridgehead atoms. The summed E-state index contributed by atoms with van der Waals surface area (Å²) in [7, 11) is 0. The van der Waals surface area contributed by atoms with Crippen molar-refractivity contribution >= 4 is 29.1 Å². The van der Waals surface area contributed by atoms with Crippen LogP contribution in [0.3, 0.4) is 0 Å². The molecule has 0 unspecified atom stereocenters. The highest BCUT2D eigenvalue weighted by Crippen LogP contribution is 2.22.